The number of thiazole rings is 1. The summed E-state index contributed by atoms with van der Waals surface area (Å²) in [7, 11) is -4.62. The minimum atomic E-state index is -4.79. The van der Waals surface area contributed by atoms with Gasteiger partial charge in [0.1, 0.15) is 6.54 Å². The van der Waals surface area contributed by atoms with Gasteiger partial charge in [0.25, 0.3) is 0 Å². The van der Waals surface area contributed by atoms with Gasteiger partial charge >= 0.3 is 18.4 Å². The summed E-state index contributed by atoms with van der Waals surface area (Å²) >= 11 is 0.531. The van der Waals surface area contributed by atoms with Crippen molar-refractivity contribution in [1.29, 1.82) is 0 Å². The van der Waals surface area contributed by atoms with Crippen molar-refractivity contribution >= 4 is 38.2 Å². The third-order valence-electron chi connectivity index (χ3n) is 5.80. The Kier molecular flexibility index (Phi) is 7.72. The number of aromatic nitrogens is 1. The molecule has 1 saturated carbocycles. The Hall–Kier alpha value is -3.17. The fourth-order valence-electron chi connectivity index (χ4n) is 3.72. The molecule has 1 fully saturated rings. The number of alkyl halides is 6. The molecule has 15 heteroatoms. The first-order valence-corrected chi connectivity index (χ1v) is 13.5. The third kappa shape index (κ3) is 6.82. The summed E-state index contributed by atoms with van der Waals surface area (Å²) in [5.41, 5.74) is 0.706. The highest BCUT2D eigenvalue weighted by Gasteiger charge is 2.34. The molecule has 3 N–H and O–H groups in total. The summed E-state index contributed by atoms with van der Waals surface area (Å²) in [6.45, 7) is -1.80. The molecule has 38 heavy (non-hydrogen) atoms. The first-order chi connectivity index (χ1) is 17.7. The smallest absolute Gasteiger partial charge is 0.307 e. The van der Waals surface area contributed by atoms with Crippen LogP contribution in [0.25, 0.3) is 11.1 Å². The van der Waals surface area contributed by atoms with Crippen molar-refractivity contribution in [2.24, 2.45) is 0 Å². The summed E-state index contributed by atoms with van der Waals surface area (Å²) in [6, 6.07) is 9.70. The fraction of sp³-hybridized carbons (Fsp3) is 0.304. The molecule has 0 saturated heterocycles. The molecule has 7 nitrogen and oxygen atoms in total. The molecule has 0 atom stereocenters. The predicted molar refractivity (Wildman–Crippen MR) is 129 cm³/mol. The van der Waals surface area contributed by atoms with Gasteiger partial charge in [-0.05, 0) is 42.0 Å². The van der Waals surface area contributed by atoms with Gasteiger partial charge in [-0.1, -0.05) is 36.8 Å². The predicted octanol–water partition coefficient (Wildman–Crippen LogP) is 6.58. The van der Waals surface area contributed by atoms with E-state index in [4.69, 9.17) is 0 Å². The second-order valence-electron chi connectivity index (χ2n) is 8.52. The average molecular weight is 579 g/mol. The van der Waals surface area contributed by atoms with Gasteiger partial charge in [0.05, 0.1) is 10.6 Å². The summed E-state index contributed by atoms with van der Waals surface area (Å²) in [5.74, 6) is 0.355. The van der Waals surface area contributed by atoms with Crippen LogP contribution in [0, 0.1) is 0 Å². The lowest BCUT2D eigenvalue weighted by Crippen LogP contribution is -2.33. The maximum Gasteiger partial charge on any atom is 0.434 e. The highest BCUT2D eigenvalue weighted by atomic mass is 32.2. The third-order valence-corrected chi connectivity index (χ3v) is 7.96. The Morgan fingerprint density at radius 2 is 1.76 bits per heavy atom. The average Bonchev–Trinajstić information content (AvgIpc) is 3.25. The van der Waals surface area contributed by atoms with Crippen LogP contribution in [0.1, 0.15) is 36.4 Å². The second kappa shape index (κ2) is 10.5. The number of nitrogens with one attached hydrogen (secondary N) is 3. The van der Waals surface area contributed by atoms with Gasteiger partial charge in [0.15, 0.2) is 10.8 Å². The summed E-state index contributed by atoms with van der Waals surface area (Å²) in [4.78, 5) is 15.4. The van der Waals surface area contributed by atoms with Crippen molar-refractivity contribution in [2.45, 2.75) is 42.4 Å². The van der Waals surface area contributed by atoms with Crippen LogP contribution in [-0.2, 0) is 16.2 Å². The van der Waals surface area contributed by atoms with Crippen LogP contribution in [0.2, 0.25) is 0 Å². The summed E-state index contributed by atoms with van der Waals surface area (Å²) < 4.78 is 103. The number of hydrogen-bond acceptors (Lipinski definition) is 5. The van der Waals surface area contributed by atoms with E-state index in [1.807, 2.05) is 12.1 Å². The minimum Gasteiger partial charge on any atom is -0.307 e. The number of nitrogens with zero attached hydrogens (tertiary/aromatic N) is 1. The zero-order valence-electron chi connectivity index (χ0n) is 19.3. The molecule has 0 bridgehead atoms. The number of urea groups is 1. The van der Waals surface area contributed by atoms with Crippen molar-refractivity contribution in [3.05, 3.63) is 59.1 Å². The van der Waals surface area contributed by atoms with Gasteiger partial charge in [0, 0.05) is 10.9 Å². The molecular formula is C23H20F6N4O3S2. The monoisotopic (exact) mass is 578 g/mol. The number of halogens is 6. The Balaban J connectivity index is 1.65. The number of carbonyl (C=O) groups is 1. The molecule has 1 aliphatic carbocycles. The second-order valence-corrected chi connectivity index (χ2v) is 11.1. The maximum atomic E-state index is 12.8. The van der Waals surface area contributed by atoms with Gasteiger partial charge in [-0.15, -0.1) is 11.3 Å². The molecule has 1 aliphatic rings. The molecule has 3 aromatic rings. The zero-order valence-corrected chi connectivity index (χ0v) is 20.9. The van der Waals surface area contributed by atoms with E-state index >= 15 is 0 Å². The largest absolute Gasteiger partial charge is 0.434 e. The highest BCUT2D eigenvalue weighted by molar-refractivity contribution is 7.89. The first-order valence-electron chi connectivity index (χ1n) is 11.1. The van der Waals surface area contributed by atoms with Gasteiger partial charge in [-0.3, -0.25) is 5.32 Å². The Morgan fingerprint density at radius 3 is 2.37 bits per heavy atom. The number of hydrogen-bond donors (Lipinski definition) is 3. The normalized spacial score (nSPS) is 14.7. The Labute approximate surface area is 217 Å². The lowest BCUT2D eigenvalue weighted by Gasteiger charge is -2.26. The molecule has 2 amide bonds. The van der Waals surface area contributed by atoms with E-state index in [1.54, 1.807) is 12.1 Å². The van der Waals surface area contributed by atoms with Crippen molar-refractivity contribution in [1.82, 2.24) is 9.71 Å². The van der Waals surface area contributed by atoms with Crippen LogP contribution < -0.4 is 15.4 Å². The molecule has 0 aliphatic heterocycles. The van der Waals surface area contributed by atoms with Crippen molar-refractivity contribution in [2.75, 3.05) is 17.2 Å². The van der Waals surface area contributed by atoms with Crippen LogP contribution in [-0.4, -0.2) is 32.2 Å². The van der Waals surface area contributed by atoms with Gasteiger partial charge in [0.2, 0.25) is 10.0 Å². The first kappa shape index (κ1) is 27.9. The molecule has 204 valence electrons. The number of anilines is 2. The van der Waals surface area contributed by atoms with Crippen molar-refractivity contribution in [3.8, 4) is 11.1 Å². The van der Waals surface area contributed by atoms with Gasteiger partial charge in [-0.2, -0.15) is 26.3 Å². The topological polar surface area (TPSA) is 100 Å². The van der Waals surface area contributed by atoms with Crippen LogP contribution >= 0.6 is 11.3 Å². The van der Waals surface area contributed by atoms with E-state index in [0.717, 1.165) is 37.0 Å². The summed E-state index contributed by atoms with van der Waals surface area (Å²) in [5, 5.41) is 4.90. The molecule has 0 spiro atoms. The van der Waals surface area contributed by atoms with Gasteiger partial charge < -0.3 is 5.32 Å². The molecule has 1 aromatic heterocycles. The number of rotatable bonds is 7. The molecule has 2 aromatic carbocycles. The van der Waals surface area contributed by atoms with E-state index in [0.29, 0.717) is 33.8 Å². The molecule has 1 heterocycles. The van der Waals surface area contributed by atoms with Gasteiger partial charge in [-0.25, -0.2) is 22.9 Å². The number of sulfonamides is 1. The van der Waals surface area contributed by atoms with Crippen LogP contribution in [0.15, 0.2) is 52.7 Å². The number of amides is 2. The Bertz CT molecular complexity index is 1430. The van der Waals surface area contributed by atoms with E-state index in [9.17, 15) is 39.6 Å². The van der Waals surface area contributed by atoms with E-state index < -0.39 is 45.5 Å². The highest BCUT2D eigenvalue weighted by Crippen LogP contribution is 2.39. The number of benzene rings is 2. The van der Waals surface area contributed by atoms with Crippen LogP contribution in [0.5, 0.6) is 0 Å². The molecule has 0 unspecified atom stereocenters. The standard InChI is InChI=1S/C23H20F6N4O3S2/c24-22(25,26)12-30-38(35,36)16-7-8-17(15-6-2-5-14(9-15)13-3-1-4-13)18(10-16)31-20(34)33-21-32-19(11-37-21)23(27,28)29/h2,5-11,13,30H,1,3-4,12H2,(H2,31,32,33,34). The quantitative estimate of drug-likeness (QED) is 0.276. The fourth-order valence-corrected chi connectivity index (χ4v) is 5.47. The molecule has 4 rings (SSSR count). The lowest BCUT2D eigenvalue weighted by molar-refractivity contribution is -0.140. The van der Waals surface area contributed by atoms with Crippen molar-refractivity contribution in [3.63, 3.8) is 0 Å². The number of carbonyl (C=O) groups excluding carboxylic acids is 1. The van der Waals surface area contributed by atoms with Crippen LogP contribution in [0.4, 0.5) is 42.0 Å². The van der Waals surface area contributed by atoms with Crippen LogP contribution in [0.3, 0.4) is 0 Å². The zero-order chi connectivity index (χ0) is 27.7. The maximum absolute atomic E-state index is 12.8. The SMILES string of the molecule is O=C(Nc1nc(C(F)(F)F)cs1)Nc1cc(S(=O)(=O)NCC(F)(F)F)ccc1-c1cccc(C2CCC2)c1. The van der Waals surface area contributed by atoms with E-state index in [2.05, 4.69) is 15.6 Å². The molecule has 0 radical (unpaired) electrons. The van der Waals surface area contributed by atoms with E-state index in [1.165, 1.54) is 10.8 Å². The van der Waals surface area contributed by atoms with Crippen molar-refractivity contribution < 1.29 is 39.6 Å². The Morgan fingerprint density at radius 1 is 1.03 bits per heavy atom. The summed E-state index contributed by atoms with van der Waals surface area (Å²) in [6.07, 6.45) is -6.40. The minimum absolute atomic E-state index is 0.0873. The van der Waals surface area contributed by atoms with E-state index in [-0.39, 0.29) is 10.8 Å². The lowest BCUT2D eigenvalue weighted by atomic mass is 9.79. The molecular weight excluding hydrogens is 558 g/mol.